The maximum Gasteiger partial charge on any atom is 0.328 e. The van der Waals surface area contributed by atoms with Crippen molar-refractivity contribution in [3.05, 3.63) is 48.3 Å². The number of carbonyl (C=O) groups is 3. The van der Waals surface area contributed by atoms with Gasteiger partial charge in [-0.25, -0.2) is 9.78 Å². The molecule has 0 aliphatic heterocycles. The SMILES string of the molecule is COC[C@@H](OC(=O)[C@H](C)NC(=O)c1nccc(OC)c1OCOC(C)=O)[C@H](Oc1ccccc1)C(C)C. The highest BCUT2D eigenvalue weighted by Crippen LogP contribution is 2.29. The van der Waals surface area contributed by atoms with E-state index in [2.05, 4.69) is 10.3 Å². The molecule has 0 radical (unpaired) electrons. The van der Waals surface area contributed by atoms with E-state index in [0.717, 1.165) is 0 Å². The Bertz CT molecular complexity index is 1030. The Balaban J connectivity index is 2.13. The molecular formula is C26H34N2O9. The zero-order valence-electron chi connectivity index (χ0n) is 21.9. The largest absolute Gasteiger partial charge is 0.493 e. The summed E-state index contributed by atoms with van der Waals surface area (Å²) in [6.07, 6.45) is 0.100. The lowest BCUT2D eigenvalue weighted by Crippen LogP contribution is -2.47. The van der Waals surface area contributed by atoms with E-state index in [1.165, 1.54) is 40.3 Å². The summed E-state index contributed by atoms with van der Waals surface area (Å²) in [6, 6.07) is 9.62. The number of methoxy groups -OCH3 is 2. The molecule has 11 nitrogen and oxygen atoms in total. The highest BCUT2D eigenvalue weighted by molar-refractivity contribution is 5.98. The summed E-state index contributed by atoms with van der Waals surface area (Å²) < 4.78 is 32.5. The van der Waals surface area contributed by atoms with Crippen LogP contribution in [0.5, 0.6) is 17.2 Å². The van der Waals surface area contributed by atoms with Crippen LogP contribution in [-0.2, 0) is 23.8 Å². The second-order valence-corrected chi connectivity index (χ2v) is 8.35. The molecule has 0 spiro atoms. The lowest BCUT2D eigenvalue weighted by atomic mass is 10.0. The number of pyridine rings is 1. The van der Waals surface area contributed by atoms with Crippen LogP contribution in [0.3, 0.4) is 0 Å². The summed E-state index contributed by atoms with van der Waals surface area (Å²) >= 11 is 0. The number of benzene rings is 1. The van der Waals surface area contributed by atoms with Crippen LogP contribution in [0.15, 0.2) is 42.6 Å². The van der Waals surface area contributed by atoms with E-state index < -0.39 is 42.9 Å². The van der Waals surface area contributed by atoms with Crippen molar-refractivity contribution in [1.82, 2.24) is 10.3 Å². The first-order valence-electron chi connectivity index (χ1n) is 11.7. The molecule has 0 saturated heterocycles. The molecule has 1 N–H and O–H groups in total. The standard InChI is InChI=1S/C26H34N2O9/c1-16(2)23(36-19-10-8-7-9-11-19)21(14-32-5)37-26(31)17(3)28-25(30)22-24(35-15-34-18(4)29)20(33-6)12-13-27-22/h7-13,16-17,21,23H,14-15H2,1-6H3,(H,28,30)/t17-,21+,23+/m0/s1. The van der Waals surface area contributed by atoms with E-state index in [0.29, 0.717) is 5.75 Å². The highest BCUT2D eigenvalue weighted by Gasteiger charge is 2.32. The molecule has 0 saturated carbocycles. The van der Waals surface area contributed by atoms with Gasteiger partial charge < -0.3 is 33.7 Å². The smallest absolute Gasteiger partial charge is 0.328 e. The highest BCUT2D eigenvalue weighted by atomic mass is 16.7. The second kappa shape index (κ2) is 14.6. The Morgan fingerprint density at radius 3 is 2.32 bits per heavy atom. The first kappa shape index (κ1) is 29.4. The summed E-state index contributed by atoms with van der Waals surface area (Å²) in [4.78, 5) is 41.0. The molecule has 0 unspecified atom stereocenters. The van der Waals surface area contributed by atoms with Crippen LogP contribution < -0.4 is 19.5 Å². The Morgan fingerprint density at radius 2 is 1.73 bits per heavy atom. The van der Waals surface area contributed by atoms with Crippen LogP contribution >= 0.6 is 0 Å². The lowest BCUT2D eigenvalue weighted by Gasteiger charge is -2.31. The minimum absolute atomic E-state index is 0.0176. The van der Waals surface area contributed by atoms with E-state index in [-0.39, 0.29) is 29.7 Å². The van der Waals surface area contributed by atoms with Crippen molar-refractivity contribution in [3.63, 3.8) is 0 Å². The fourth-order valence-electron chi connectivity index (χ4n) is 3.30. The minimum atomic E-state index is -1.05. The van der Waals surface area contributed by atoms with Crippen molar-refractivity contribution >= 4 is 17.8 Å². The number of hydrogen-bond donors (Lipinski definition) is 1. The van der Waals surface area contributed by atoms with Crippen LogP contribution in [0.1, 0.15) is 38.2 Å². The summed E-state index contributed by atoms with van der Waals surface area (Å²) in [7, 11) is 2.88. The van der Waals surface area contributed by atoms with E-state index in [4.69, 9.17) is 28.4 Å². The fourth-order valence-corrected chi connectivity index (χ4v) is 3.30. The number of para-hydroxylation sites is 1. The molecule has 0 fully saturated rings. The second-order valence-electron chi connectivity index (χ2n) is 8.35. The number of hydrogen-bond acceptors (Lipinski definition) is 10. The van der Waals surface area contributed by atoms with Gasteiger partial charge in [-0.2, -0.15) is 0 Å². The number of amides is 1. The van der Waals surface area contributed by atoms with Crippen molar-refractivity contribution in [1.29, 1.82) is 0 Å². The first-order chi connectivity index (χ1) is 17.7. The molecular weight excluding hydrogens is 484 g/mol. The maximum absolute atomic E-state index is 13.0. The van der Waals surface area contributed by atoms with E-state index >= 15 is 0 Å². The van der Waals surface area contributed by atoms with Gasteiger partial charge in [0.15, 0.2) is 23.3 Å². The van der Waals surface area contributed by atoms with E-state index in [9.17, 15) is 14.4 Å². The summed E-state index contributed by atoms with van der Waals surface area (Å²) in [5.41, 5.74) is -0.160. The van der Waals surface area contributed by atoms with E-state index in [1.54, 1.807) is 0 Å². The van der Waals surface area contributed by atoms with Crippen molar-refractivity contribution in [2.75, 3.05) is 27.6 Å². The third-order valence-corrected chi connectivity index (χ3v) is 5.11. The molecule has 3 atom stereocenters. The Hall–Kier alpha value is -3.86. The van der Waals surface area contributed by atoms with Crippen LogP contribution in [0.25, 0.3) is 0 Å². The molecule has 11 heteroatoms. The predicted octanol–water partition coefficient (Wildman–Crippen LogP) is 2.77. The molecule has 1 aromatic heterocycles. The molecule has 1 aromatic carbocycles. The topological polar surface area (TPSA) is 132 Å². The summed E-state index contributed by atoms with van der Waals surface area (Å²) in [5.74, 6) is -1.21. The number of esters is 2. The molecule has 202 valence electrons. The van der Waals surface area contributed by atoms with Gasteiger partial charge >= 0.3 is 11.9 Å². The zero-order valence-corrected chi connectivity index (χ0v) is 21.9. The third kappa shape index (κ3) is 8.94. The van der Waals surface area contributed by atoms with Crippen LogP contribution in [0, 0.1) is 5.92 Å². The minimum Gasteiger partial charge on any atom is -0.493 e. The third-order valence-electron chi connectivity index (χ3n) is 5.11. The van der Waals surface area contributed by atoms with Crippen molar-refractivity contribution in [3.8, 4) is 17.2 Å². The number of rotatable bonds is 14. The van der Waals surface area contributed by atoms with Crippen LogP contribution in [0.2, 0.25) is 0 Å². The summed E-state index contributed by atoms with van der Waals surface area (Å²) in [6.45, 7) is 6.23. The monoisotopic (exact) mass is 518 g/mol. The predicted molar refractivity (Wildman–Crippen MR) is 132 cm³/mol. The molecule has 0 aliphatic rings. The van der Waals surface area contributed by atoms with Gasteiger partial charge in [0.25, 0.3) is 5.91 Å². The van der Waals surface area contributed by atoms with Gasteiger partial charge in [0.05, 0.1) is 13.7 Å². The maximum atomic E-state index is 13.0. The lowest BCUT2D eigenvalue weighted by molar-refractivity contribution is -0.161. The summed E-state index contributed by atoms with van der Waals surface area (Å²) in [5, 5.41) is 2.55. The zero-order chi connectivity index (χ0) is 27.4. The van der Waals surface area contributed by atoms with Gasteiger partial charge in [0.1, 0.15) is 17.9 Å². The fraction of sp³-hybridized carbons (Fsp3) is 0.462. The van der Waals surface area contributed by atoms with Gasteiger partial charge in [0.2, 0.25) is 6.79 Å². The number of aromatic nitrogens is 1. The quantitative estimate of drug-likeness (QED) is 0.294. The van der Waals surface area contributed by atoms with Crippen LogP contribution in [-0.4, -0.2) is 68.7 Å². The van der Waals surface area contributed by atoms with Crippen LogP contribution in [0.4, 0.5) is 0 Å². The van der Waals surface area contributed by atoms with Crippen molar-refractivity contribution in [2.45, 2.75) is 45.9 Å². The average molecular weight is 519 g/mol. The number of carbonyl (C=O) groups excluding carboxylic acids is 3. The average Bonchev–Trinajstić information content (AvgIpc) is 2.87. The number of nitrogens with zero attached hydrogens (tertiary/aromatic N) is 1. The van der Waals surface area contributed by atoms with Gasteiger partial charge in [-0.05, 0) is 25.0 Å². The van der Waals surface area contributed by atoms with E-state index in [1.807, 2.05) is 44.2 Å². The number of nitrogens with one attached hydrogen (secondary N) is 1. The molecule has 2 aromatic rings. The normalized spacial score (nSPS) is 13.2. The number of ether oxygens (including phenoxy) is 6. The Labute approximate surface area is 216 Å². The molecule has 37 heavy (non-hydrogen) atoms. The molecule has 0 aliphatic carbocycles. The van der Waals surface area contributed by atoms with Gasteiger partial charge in [0, 0.05) is 26.3 Å². The molecule has 1 heterocycles. The van der Waals surface area contributed by atoms with Gasteiger partial charge in [-0.1, -0.05) is 32.0 Å². The molecule has 2 rings (SSSR count). The van der Waals surface area contributed by atoms with Crippen molar-refractivity contribution in [2.24, 2.45) is 5.92 Å². The first-order valence-corrected chi connectivity index (χ1v) is 11.7. The molecule has 0 bridgehead atoms. The molecule has 1 amide bonds. The van der Waals surface area contributed by atoms with Crippen molar-refractivity contribution < 1.29 is 42.8 Å². The van der Waals surface area contributed by atoms with Gasteiger partial charge in [-0.15, -0.1) is 0 Å². The Kier molecular flexibility index (Phi) is 11.6. The Morgan fingerprint density at radius 1 is 1.03 bits per heavy atom. The van der Waals surface area contributed by atoms with Gasteiger partial charge in [-0.3, -0.25) is 9.59 Å².